The normalized spacial score (nSPS) is 19.4. The Kier molecular flexibility index (Phi) is 6.18. The van der Waals surface area contributed by atoms with Crippen LogP contribution in [0.5, 0.6) is 0 Å². The third-order valence-electron chi connectivity index (χ3n) is 4.24. The van der Waals surface area contributed by atoms with Crippen molar-refractivity contribution in [1.82, 2.24) is 5.32 Å². The maximum Gasteiger partial charge on any atom is 0.0471 e. The first-order valence-electron chi connectivity index (χ1n) is 7.98. The van der Waals surface area contributed by atoms with E-state index in [1.54, 1.807) is 0 Å². The third kappa shape index (κ3) is 4.13. The zero-order valence-electron chi connectivity index (χ0n) is 12.8. The van der Waals surface area contributed by atoms with Gasteiger partial charge in [-0.1, -0.05) is 37.9 Å². The highest BCUT2D eigenvalue weighted by Gasteiger charge is 2.19. The van der Waals surface area contributed by atoms with Gasteiger partial charge in [-0.3, -0.25) is 0 Å². The van der Waals surface area contributed by atoms with Gasteiger partial charge in [-0.05, 0) is 49.4 Å². The molecule has 3 heteroatoms. The summed E-state index contributed by atoms with van der Waals surface area (Å²) in [6.07, 6.45) is 5.11. The van der Waals surface area contributed by atoms with Crippen LogP contribution in [0.2, 0.25) is 5.02 Å². The van der Waals surface area contributed by atoms with Crippen LogP contribution in [0, 0.1) is 5.92 Å². The van der Waals surface area contributed by atoms with Crippen LogP contribution in [0.15, 0.2) is 18.2 Å². The van der Waals surface area contributed by atoms with Crippen molar-refractivity contribution in [3.63, 3.8) is 0 Å². The van der Waals surface area contributed by atoms with Gasteiger partial charge in [-0.2, -0.15) is 0 Å². The van der Waals surface area contributed by atoms with Gasteiger partial charge < -0.3 is 10.2 Å². The van der Waals surface area contributed by atoms with Crippen molar-refractivity contribution in [2.75, 3.05) is 24.5 Å². The van der Waals surface area contributed by atoms with Crippen LogP contribution in [0.3, 0.4) is 0 Å². The Morgan fingerprint density at radius 2 is 2.20 bits per heavy atom. The molecular formula is C17H27ClN2. The van der Waals surface area contributed by atoms with Crippen LogP contribution >= 0.6 is 11.6 Å². The van der Waals surface area contributed by atoms with Gasteiger partial charge in [0.25, 0.3) is 0 Å². The van der Waals surface area contributed by atoms with Gasteiger partial charge in [0.2, 0.25) is 0 Å². The summed E-state index contributed by atoms with van der Waals surface area (Å²) in [5.41, 5.74) is 2.49. The molecule has 112 valence electrons. The number of piperidine rings is 1. The Hall–Kier alpha value is -0.730. The third-order valence-corrected chi connectivity index (χ3v) is 4.59. The van der Waals surface area contributed by atoms with Gasteiger partial charge in [0.15, 0.2) is 0 Å². The molecule has 1 fully saturated rings. The highest BCUT2D eigenvalue weighted by Crippen LogP contribution is 2.28. The smallest absolute Gasteiger partial charge is 0.0471 e. The van der Waals surface area contributed by atoms with Crippen molar-refractivity contribution in [2.45, 2.75) is 46.1 Å². The van der Waals surface area contributed by atoms with Crippen molar-refractivity contribution >= 4 is 17.3 Å². The Labute approximate surface area is 128 Å². The minimum absolute atomic E-state index is 0.841. The Morgan fingerprint density at radius 3 is 2.90 bits per heavy atom. The first kappa shape index (κ1) is 15.7. The quantitative estimate of drug-likeness (QED) is 0.779. The average Bonchev–Trinajstić information content (AvgIpc) is 2.49. The molecule has 2 nitrogen and oxygen atoms in total. The van der Waals surface area contributed by atoms with Crippen molar-refractivity contribution in [1.29, 1.82) is 0 Å². The van der Waals surface area contributed by atoms with Gasteiger partial charge in [0, 0.05) is 30.3 Å². The van der Waals surface area contributed by atoms with Crippen molar-refractivity contribution in [2.24, 2.45) is 5.92 Å². The van der Waals surface area contributed by atoms with E-state index in [-0.39, 0.29) is 0 Å². The predicted octanol–water partition coefficient (Wildman–Crippen LogP) is 4.47. The number of rotatable bonds is 6. The highest BCUT2D eigenvalue weighted by molar-refractivity contribution is 6.31. The van der Waals surface area contributed by atoms with Crippen LogP contribution in [0.4, 0.5) is 5.69 Å². The lowest BCUT2D eigenvalue weighted by molar-refractivity contribution is 0.405. The first-order valence-corrected chi connectivity index (χ1v) is 8.36. The van der Waals surface area contributed by atoms with Crippen molar-refractivity contribution < 1.29 is 0 Å². The van der Waals surface area contributed by atoms with Crippen molar-refractivity contribution in [3.8, 4) is 0 Å². The zero-order chi connectivity index (χ0) is 14.4. The van der Waals surface area contributed by atoms with Gasteiger partial charge >= 0.3 is 0 Å². The highest BCUT2D eigenvalue weighted by atomic mass is 35.5. The number of halogens is 1. The van der Waals surface area contributed by atoms with E-state index < -0.39 is 0 Å². The Balaban J connectivity index is 2.00. The molecule has 0 saturated carbocycles. The summed E-state index contributed by atoms with van der Waals surface area (Å²) >= 11 is 6.43. The summed E-state index contributed by atoms with van der Waals surface area (Å²) < 4.78 is 0. The molecule has 0 radical (unpaired) electrons. The molecule has 20 heavy (non-hydrogen) atoms. The molecule has 1 atom stereocenters. The van der Waals surface area contributed by atoms with Crippen molar-refractivity contribution in [3.05, 3.63) is 28.8 Å². The minimum Gasteiger partial charge on any atom is -0.371 e. The fourth-order valence-corrected chi connectivity index (χ4v) is 3.15. The summed E-state index contributed by atoms with van der Waals surface area (Å²) in [7, 11) is 0. The van der Waals surface area contributed by atoms with Crippen LogP contribution in [-0.4, -0.2) is 19.6 Å². The van der Waals surface area contributed by atoms with Crippen LogP contribution in [-0.2, 0) is 6.54 Å². The second kappa shape index (κ2) is 7.90. The monoisotopic (exact) mass is 294 g/mol. The summed E-state index contributed by atoms with van der Waals surface area (Å²) in [6.45, 7) is 8.73. The number of hydrogen-bond donors (Lipinski definition) is 1. The number of benzene rings is 1. The van der Waals surface area contributed by atoms with Crippen LogP contribution < -0.4 is 10.2 Å². The second-order valence-electron chi connectivity index (χ2n) is 5.82. The molecule has 1 aliphatic heterocycles. The summed E-state index contributed by atoms with van der Waals surface area (Å²) in [4.78, 5) is 2.49. The Morgan fingerprint density at radius 1 is 1.35 bits per heavy atom. The first-order chi connectivity index (χ1) is 9.74. The van der Waals surface area contributed by atoms with E-state index in [0.29, 0.717) is 0 Å². The number of anilines is 1. The lowest BCUT2D eigenvalue weighted by Gasteiger charge is -2.34. The maximum atomic E-state index is 6.43. The molecule has 1 N–H and O–H groups in total. The zero-order valence-corrected chi connectivity index (χ0v) is 13.5. The molecule has 0 aromatic heterocycles. The minimum atomic E-state index is 0.841. The van der Waals surface area contributed by atoms with Crippen LogP contribution in [0.25, 0.3) is 0 Å². The SMILES string of the molecule is CCCNCc1ccc(N2CCCC(CC)C2)cc1Cl. The molecule has 0 amide bonds. The standard InChI is InChI=1S/C17H27ClN2/c1-3-9-19-12-15-7-8-16(11-17(15)18)20-10-5-6-14(4-2)13-20/h7-8,11,14,19H,3-6,9-10,12-13H2,1-2H3. The molecule has 1 aromatic carbocycles. The predicted molar refractivity (Wildman–Crippen MR) is 88.7 cm³/mol. The molecule has 0 spiro atoms. The molecular weight excluding hydrogens is 268 g/mol. The summed E-state index contributed by atoms with van der Waals surface area (Å²) in [6, 6.07) is 6.55. The fourth-order valence-electron chi connectivity index (χ4n) is 2.91. The Bertz CT molecular complexity index is 419. The lowest BCUT2D eigenvalue weighted by atomic mass is 9.95. The van der Waals surface area contributed by atoms with E-state index in [4.69, 9.17) is 11.6 Å². The second-order valence-corrected chi connectivity index (χ2v) is 6.22. The van der Waals surface area contributed by atoms with E-state index in [9.17, 15) is 0 Å². The largest absolute Gasteiger partial charge is 0.371 e. The van der Waals surface area contributed by atoms with Gasteiger partial charge in [0.1, 0.15) is 0 Å². The molecule has 1 unspecified atom stereocenters. The molecule has 2 rings (SSSR count). The molecule has 0 bridgehead atoms. The lowest BCUT2D eigenvalue weighted by Crippen LogP contribution is -2.35. The summed E-state index contributed by atoms with van der Waals surface area (Å²) in [5, 5.41) is 4.30. The average molecular weight is 295 g/mol. The van der Waals surface area contributed by atoms with Gasteiger partial charge in [-0.25, -0.2) is 0 Å². The molecule has 1 heterocycles. The van der Waals surface area contributed by atoms with Gasteiger partial charge in [-0.15, -0.1) is 0 Å². The van der Waals surface area contributed by atoms with Gasteiger partial charge in [0.05, 0.1) is 0 Å². The van der Waals surface area contributed by atoms with E-state index in [1.807, 2.05) is 0 Å². The van der Waals surface area contributed by atoms with E-state index in [2.05, 4.69) is 42.3 Å². The van der Waals surface area contributed by atoms with E-state index in [1.165, 1.54) is 43.6 Å². The number of nitrogens with one attached hydrogen (secondary N) is 1. The molecule has 1 aliphatic rings. The number of nitrogens with zero attached hydrogens (tertiary/aromatic N) is 1. The number of hydrogen-bond acceptors (Lipinski definition) is 2. The maximum absolute atomic E-state index is 6.43. The van der Waals surface area contributed by atoms with E-state index >= 15 is 0 Å². The van der Waals surface area contributed by atoms with E-state index in [0.717, 1.165) is 30.5 Å². The van der Waals surface area contributed by atoms with Crippen LogP contribution in [0.1, 0.15) is 45.1 Å². The topological polar surface area (TPSA) is 15.3 Å². The molecule has 1 saturated heterocycles. The molecule has 1 aromatic rings. The fraction of sp³-hybridized carbons (Fsp3) is 0.647. The molecule has 0 aliphatic carbocycles. The summed E-state index contributed by atoms with van der Waals surface area (Å²) in [5.74, 6) is 0.841.